The summed E-state index contributed by atoms with van der Waals surface area (Å²) in [6.45, 7) is 3.09. The number of benzene rings is 2. The zero-order valence-electron chi connectivity index (χ0n) is 21.2. The van der Waals surface area contributed by atoms with Crippen molar-refractivity contribution >= 4 is 16.9 Å². The van der Waals surface area contributed by atoms with E-state index in [9.17, 15) is 28.2 Å². The van der Waals surface area contributed by atoms with Crippen LogP contribution >= 0.6 is 0 Å². The molecule has 0 amide bonds. The van der Waals surface area contributed by atoms with Crippen LogP contribution in [0.2, 0.25) is 0 Å². The minimum absolute atomic E-state index is 0.0313. The van der Waals surface area contributed by atoms with Gasteiger partial charge in [-0.15, -0.1) is 0 Å². The molecule has 2 heterocycles. The van der Waals surface area contributed by atoms with Gasteiger partial charge in [0.25, 0.3) is 0 Å². The Bertz CT molecular complexity index is 1390. The van der Waals surface area contributed by atoms with Gasteiger partial charge in [0.15, 0.2) is 17.5 Å². The number of hydrogen-bond acceptors (Lipinski definition) is 5. The lowest BCUT2D eigenvalue weighted by atomic mass is 9.74. The number of aliphatic carboxylic acids is 1. The maximum Gasteiger partial charge on any atom is 0.309 e. The topological polar surface area (TPSA) is 82.9 Å². The summed E-state index contributed by atoms with van der Waals surface area (Å²) in [6.07, 6.45) is 2.15. The average Bonchev–Trinajstić information content (AvgIpc) is 2.90. The lowest BCUT2D eigenvalue weighted by Gasteiger charge is -2.38. The molecule has 0 saturated carbocycles. The van der Waals surface area contributed by atoms with Gasteiger partial charge < -0.3 is 14.9 Å². The first kappa shape index (κ1) is 27.4. The maximum atomic E-state index is 13.4. The summed E-state index contributed by atoms with van der Waals surface area (Å²) in [5.74, 6) is 1.07. The van der Waals surface area contributed by atoms with Crippen LogP contribution in [0.5, 0.6) is 5.75 Å². The fourth-order valence-corrected chi connectivity index (χ4v) is 5.01. The second-order valence-corrected chi connectivity index (χ2v) is 9.71. The molecule has 38 heavy (non-hydrogen) atoms. The number of aliphatic hydroxyl groups is 1. The number of carbonyl (C=O) groups is 1. The smallest absolute Gasteiger partial charge is 0.309 e. The third kappa shape index (κ3) is 5.77. The van der Waals surface area contributed by atoms with E-state index in [0.717, 1.165) is 34.2 Å². The second kappa shape index (κ2) is 11.4. The van der Waals surface area contributed by atoms with Crippen LogP contribution in [0.1, 0.15) is 48.5 Å². The van der Waals surface area contributed by atoms with Crippen LogP contribution in [0.4, 0.5) is 13.2 Å². The molecule has 1 fully saturated rings. The van der Waals surface area contributed by atoms with E-state index in [2.05, 4.69) is 16.8 Å². The number of likely N-dealkylation sites (tertiary alicyclic amines) is 1. The zero-order valence-corrected chi connectivity index (χ0v) is 21.2. The van der Waals surface area contributed by atoms with Gasteiger partial charge in [-0.3, -0.25) is 14.7 Å². The van der Waals surface area contributed by atoms with Crippen molar-refractivity contribution < 1.29 is 32.9 Å². The number of rotatable bonds is 7. The third-order valence-electron chi connectivity index (χ3n) is 7.33. The van der Waals surface area contributed by atoms with Crippen LogP contribution in [0, 0.1) is 41.6 Å². The summed E-state index contributed by atoms with van der Waals surface area (Å²) in [4.78, 5) is 18.7. The molecule has 1 saturated heterocycles. The van der Waals surface area contributed by atoms with Gasteiger partial charge in [0, 0.05) is 30.2 Å². The number of aromatic nitrogens is 1. The van der Waals surface area contributed by atoms with Crippen molar-refractivity contribution in [3.63, 3.8) is 0 Å². The summed E-state index contributed by atoms with van der Waals surface area (Å²) in [7, 11) is 1.57. The normalized spacial score (nSPS) is 16.1. The molecular weight excluding hydrogens is 497 g/mol. The lowest BCUT2D eigenvalue weighted by molar-refractivity contribution is -0.153. The van der Waals surface area contributed by atoms with Gasteiger partial charge >= 0.3 is 5.97 Å². The van der Waals surface area contributed by atoms with Crippen molar-refractivity contribution in [2.24, 2.45) is 5.41 Å². The highest BCUT2D eigenvalue weighted by molar-refractivity contribution is 5.85. The van der Waals surface area contributed by atoms with E-state index < -0.39 is 34.9 Å². The van der Waals surface area contributed by atoms with E-state index >= 15 is 0 Å². The Morgan fingerprint density at radius 1 is 1.18 bits per heavy atom. The molecule has 0 spiro atoms. The zero-order chi connectivity index (χ0) is 27.4. The van der Waals surface area contributed by atoms with Crippen molar-refractivity contribution in [1.29, 1.82) is 0 Å². The predicted octanol–water partition coefficient (Wildman–Crippen LogP) is 5.00. The first-order chi connectivity index (χ1) is 18.1. The Hall–Kier alpha value is -3.61. The van der Waals surface area contributed by atoms with E-state index in [4.69, 9.17) is 4.74 Å². The standard InChI is InChI=1S/C29H29F3N2O4/c1-18-17-33-24-6-5-20(38-2)16-21(24)26(18)25(35)7-8-29(28(36)37)9-12-34(13-10-29)11-3-4-19-14-22(30)27(32)23(31)15-19/h5-6,14-17,25,35H,7-13H2,1-2H3,(H,36,37)/t25-/m0/s1. The van der Waals surface area contributed by atoms with Crippen LogP contribution in [0.15, 0.2) is 36.5 Å². The number of hydrogen-bond donors (Lipinski definition) is 2. The molecule has 1 aliphatic rings. The van der Waals surface area contributed by atoms with Crippen LogP contribution in [0.25, 0.3) is 10.9 Å². The van der Waals surface area contributed by atoms with Gasteiger partial charge in [0.2, 0.25) is 0 Å². The molecule has 2 aromatic carbocycles. The van der Waals surface area contributed by atoms with E-state index in [0.29, 0.717) is 38.1 Å². The van der Waals surface area contributed by atoms with Crippen molar-refractivity contribution in [1.82, 2.24) is 9.88 Å². The first-order valence-corrected chi connectivity index (χ1v) is 12.3. The number of pyridine rings is 1. The first-order valence-electron chi connectivity index (χ1n) is 12.3. The maximum absolute atomic E-state index is 13.4. The molecule has 4 rings (SSSR count). The molecular formula is C29H29F3N2O4. The molecule has 1 atom stereocenters. The molecule has 0 aliphatic carbocycles. The van der Waals surface area contributed by atoms with Gasteiger partial charge in [-0.2, -0.15) is 0 Å². The molecule has 1 aromatic heterocycles. The van der Waals surface area contributed by atoms with E-state index in [1.54, 1.807) is 19.4 Å². The molecule has 1 aliphatic heterocycles. The molecule has 3 aromatic rings. The number of fused-ring (bicyclic) bond motifs is 1. The highest BCUT2D eigenvalue weighted by Gasteiger charge is 2.41. The predicted molar refractivity (Wildman–Crippen MR) is 136 cm³/mol. The number of piperidine rings is 1. The molecule has 0 radical (unpaired) electrons. The summed E-state index contributed by atoms with van der Waals surface area (Å²) < 4.78 is 45.2. The number of halogens is 3. The number of aliphatic hydroxyl groups excluding tert-OH is 1. The molecule has 2 N–H and O–H groups in total. The van der Waals surface area contributed by atoms with Gasteiger partial charge in [-0.05, 0) is 74.1 Å². The van der Waals surface area contributed by atoms with E-state index in [1.807, 2.05) is 24.0 Å². The average molecular weight is 527 g/mol. The largest absolute Gasteiger partial charge is 0.497 e. The number of nitrogens with zero attached hydrogens (tertiary/aromatic N) is 2. The van der Waals surface area contributed by atoms with E-state index in [-0.39, 0.29) is 18.5 Å². The van der Waals surface area contributed by atoms with Crippen molar-refractivity contribution in [3.8, 4) is 17.6 Å². The van der Waals surface area contributed by atoms with Gasteiger partial charge in [-0.25, -0.2) is 13.2 Å². The molecule has 9 heteroatoms. The molecule has 0 unspecified atom stereocenters. The SMILES string of the molecule is COc1ccc2ncc(C)c([C@@H](O)CCC3(C(=O)O)CCN(CC#Cc4cc(F)c(F)c(F)c4)CC3)c2c1. The van der Waals surface area contributed by atoms with Crippen LogP contribution in [-0.4, -0.2) is 52.8 Å². The monoisotopic (exact) mass is 526 g/mol. The number of carboxylic acid groups (broad SMARTS) is 1. The Labute approximate surface area is 219 Å². The lowest BCUT2D eigenvalue weighted by Crippen LogP contribution is -2.44. The van der Waals surface area contributed by atoms with Gasteiger partial charge in [0.05, 0.1) is 30.7 Å². The highest BCUT2D eigenvalue weighted by atomic mass is 19.2. The molecule has 0 bridgehead atoms. The minimum atomic E-state index is -1.53. The van der Waals surface area contributed by atoms with Crippen molar-refractivity contribution in [2.45, 2.75) is 38.7 Å². The summed E-state index contributed by atoms with van der Waals surface area (Å²) >= 11 is 0. The molecule has 6 nitrogen and oxygen atoms in total. The summed E-state index contributed by atoms with van der Waals surface area (Å²) in [5, 5.41) is 22.0. The van der Waals surface area contributed by atoms with Gasteiger partial charge in [0.1, 0.15) is 5.75 Å². The Morgan fingerprint density at radius 2 is 1.87 bits per heavy atom. The quantitative estimate of drug-likeness (QED) is 0.333. The highest BCUT2D eigenvalue weighted by Crippen LogP contribution is 2.40. The second-order valence-electron chi connectivity index (χ2n) is 9.71. The van der Waals surface area contributed by atoms with Crippen LogP contribution in [-0.2, 0) is 4.79 Å². The number of ether oxygens (including phenoxy) is 1. The minimum Gasteiger partial charge on any atom is -0.497 e. The van der Waals surface area contributed by atoms with Gasteiger partial charge in [-0.1, -0.05) is 11.8 Å². The fourth-order valence-electron chi connectivity index (χ4n) is 5.01. The van der Waals surface area contributed by atoms with Crippen molar-refractivity contribution in [2.75, 3.05) is 26.7 Å². The summed E-state index contributed by atoms with van der Waals surface area (Å²) in [5.41, 5.74) is 1.30. The van der Waals surface area contributed by atoms with E-state index in [1.165, 1.54) is 0 Å². The molecule has 200 valence electrons. The number of carboxylic acids is 1. The van der Waals surface area contributed by atoms with Crippen molar-refractivity contribution in [3.05, 3.63) is 70.7 Å². The number of methoxy groups -OCH3 is 1. The summed E-state index contributed by atoms with van der Waals surface area (Å²) in [6, 6.07) is 7.13. The Morgan fingerprint density at radius 3 is 2.50 bits per heavy atom. The Balaban J connectivity index is 1.41. The number of aryl methyl sites for hydroxylation is 1. The fraction of sp³-hybridized carbons (Fsp3) is 0.379. The third-order valence-corrected chi connectivity index (χ3v) is 7.33. The van der Waals surface area contributed by atoms with Crippen LogP contribution in [0.3, 0.4) is 0 Å². The Kier molecular flexibility index (Phi) is 8.24. The van der Waals surface area contributed by atoms with Crippen LogP contribution < -0.4 is 4.74 Å².